The van der Waals surface area contributed by atoms with E-state index in [9.17, 15) is 0 Å². The number of aromatic nitrogens is 3. The Labute approximate surface area is 123 Å². The van der Waals surface area contributed by atoms with E-state index in [2.05, 4.69) is 15.0 Å². The molecule has 21 heavy (non-hydrogen) atoms. The molecule has 104 valence electrons. The Balaban J connectivity index is 2.14. The third-order valence-corrected chi connectivity index (χ3v) is 3.10. The number of hydrogen-bond acceptors (Lipinski definition) is 4. The molecule has 0 amide bonds. The lowest BCUT2D eigenvalue weighted by Gasteiger charge is -2.07. The quantitative estimate of drug-likeness (QED) is 0.735. The largest absolute Gasteiger partial charge is 0.481 e. The zero-order valence-electron chi connectivity index (χ0n) is 11.9. The summed E-state index contributed by atoms with van der Waals surface area (Å²) in [6, 6.07) is 17.6. The molecular weight excluding hydrogens is 262 g/mol. The van der Waals surface area contributed by atoms with Crippen LogP contribution >= 0.6 is 0 Å². The molecule has 3 aromatic rings. The lowest BCUT2D eigenvalue weighted by Crippen LogP contribution is -1.98. The number of rotatable bonds is 3. The molecule has 3 rings (SSSR count). The van der Waals surface area contributed by atoms with E-state index in [0.29, 0.717) is 11.7 Å². The van der Waals surface area contributed by atoms with Gasteiger partial charge in [0.15, 0.2) is 5.82 Å². The van der Waals surface area contributed by atoms with Crippen molar-refractivity contribution in [2.75, 3.05) is 7.11 Å². The molecule has 0 aliphatic heterocycles. The predicted octanol–water partition coefficient (Wildman–Crippen LogP) is 3.52. The number of methoxy groups -OCH3 is 1. The Hall–Kier alpha value is -2.75. The number of hydrogen-bond donors (Lipinski definition) is 0. The molecule has 2 aromatic heterocycles. The van der Waals surface area contributed by atoms with Crippen LogP contribution in [0.4, 0.5) is 0 Å². The lowest BCUT2D eigenvalue weighted by molar-refractivity contribution is 0.397. The normalized spacial score (nSPS) is 10.4. The Bertz CT molecular complexity index is 757. The molecule has 0 radical (unpaired) electrons. The highest BCUT2D eigenvalue weighted by molar-refractivity contribution is 5.63. The van der Waals surface area contributed by atoms with Crippen molar-refractivity contribution in [3.05, 3.63) is 60.3 Å². The smallest absolute Gasteiger partial charge is 0.217 e. The molecule has 0 spiro atoms. The van der Waals surface area contributed by atoms with Gasteiger partial charge in [-0.15, -0.1) is 0 Å². The van der Waals surface area contributed by atoms with Gasteiger partial charge in [-0.05, 0) is 19.1 Å². The molecule has 0 aliphatic rings. The molecule has 0 saturated heterocycles. The second kappa shape index (κ2) is 5.71. The zero-order chi connectivity index (χ0) is 14.7. The van der Waals surface area contributed by atoms with Gasteiger partial charge in [-0.3, -0.25) is 0 Å². The molecule has 0 unspecified atom stereocenters. The van der Waals surface area contributed by atoms with Crippen molar-refractivity contribution in [1.82, 2.24) is 15.0 Å². The summed E-state index contributed by atoms with van der Waals surface area (Å²) in [6.07, 6.45) is 0. The highest BCUT2D eigenvalue weighted by Gasteiger charge is 2.10. The first-order valence-electron chi connectivity index (χ1n) is 6.69. The average Bonchev–Trinajstić information content (AvgIpc) is 2.55. The van der Waals surface area contributed by atoms with Gasteiger partial charge in [-0.2, -0.15) is 4.98 Å². The molecule has 0 aliphatic carbocycles. The van der Waals surface area contributed by atoms with Gasteiger partial charge in [0, 0.05) is 17.3 Å². The second-order valence-corrected chi connectivity index (χ2v) is 4.65. The van der Waals surface area contributed by atoms with Gasteiger partial charge in [-0.25, -0.2) is 9.97 Å². The SMILES string of the molecule is COc1cc(-c2ccccc2)nc(-c2cccc(C)n2)n1. The van der Waals surface area contributed by atoms with Crippen molar-refractivity contribution in [2.45, 2.75) is 6.92 Å². The van der Waals surface area contributed by atoms with Gasteiger partial charge in [0.2, 0.25) is 5.88 Å². The number of aryl methyl sites for hydroxylation is 1. The summed E-state index contributed by atoms with van der Waals surface area (Å²) in [5.74, 6) is 1.10. The number of pyridine rings is 1. The van der Waals surface area contributed by atoms with Crippen molar-refractivity contribution >= 4 is 0 Å². The fourth-order valence-corrected chi connectivity index (χ4v) is 2.07. The Kier molecular flexibility index (Phi) is 3.60. The molecule has 0 bridgehead atoms. The van der Waals surface area contributed by atoms with Crippen molar-refractivity contribution < 1.29 is 4.74 Å². The van der Waals surface area contributed by atoms with Crippen LogP contribution in [0.3, 0.4) is 0 Å². The van der Waals surface area contributed by atoms with E-state index in [4.69, 9.17) is 4.74 Å². The highest BCUT2D eigenvalue weighted by Crippen LogP contribution is 2.24. The predicted molar refractivity (Wildman–Crippen MR) is 82.0 cm³/mol. The summed E-state index contributed by atoms with van der Waals surface area (Å²) in [4.78, 5) is 13.5. The molecular formula is C17H15N3O. The first-order chi connectivity index (χ1) is 10.3. The number of ether oxygens (including phenoxy) is 1. The first-order valence-corrected chi connectivity index (χ1v) is 6.69. The zero-order valence-corrected chi connectivity index (χ0v) is 11.9. The molecule has 2 heterocycles. The molecule has 0 fully saturated rings. The van der Waals surface area contributed by atoms with Gasteiger partial charge < -0.3 is 4.74 Å². The second-order valence-electron chi connectivity index (χ2n) is 4.65. The maximum absolute atomic E-state index is 5.29. The summed E-state index contributed by atoms with van der Waals surface area (Å²) in [5.41, 5.74) is 3.51. The van der Waals surface area contributed by atoms with Crippen molar-refractivity contribution in [3.63, 3.8) is 0 Å². The maximum atomic E-state index is 5.29. The number of nitrogens with zero attached hydrogens (tertiary/aromatic N) is 3. The van der Waals surface area contributed by atoms with Crippen LogP contribution < -0.4 is 4.74 Å². The van der Waals surface area contributed by atoms with E-state index in [0.717, 1.165) is 22.6 Å². The van der Waals surface area contributed by atoms with Crippen molar-refractivity contribution in [1.29, 1.82) is 0 Å². The van der Waals surface area contributed by atoms with Crippen LogP contribution in [0.2, 0.25) is 0 Å². The maximum Gasteiger partial charge on any atom is 0.217 e. The molecule has 4 heteroatoms. The van der Waals surface area contributed by atoms with Crippen LogP contribution in [0.15, 0.2) is 54.6 Å². The third kappa shape index (κ3) is 2.89. The standard InChI is InChI=1S/C17H15N3O/c1-12-7-6-10-14(18-12)17-19-15(11-16(20-17)21-2)13-8-4-3-5-9-13/h3-11H,1-2H3. The minimum Gasteiger partial charge on any atom is -0.481 e. The third-order valence-electron chi connectivity index (χ3n) is 3.10. The Morgan fingerprint density at radius 3 is 2.33 bits per heavy atom. The number of benzene rings is 1. The van der Waals surface area contributed by atoms with E-state index < -0.39 is 0 Å². The van der Waals surface area contributed by atoms with E-state index in [1.165, 1.54) is 0 Å². The summed E-state index contributed by atoms with van der Waals surface area (Å²) >= 11 is 0. The molecule has 0 saturated carbocycles. The lowest BCUT2D eigenvalue weighted by atomic mass is 10.1. The fourth-order valence-electron chi connectivity index (χ4n) is 2.07. The van der Waals surface area contributed by atoms with Crippen LogP contribution in [-0.4, -0.2) is 22.1 Å². The van der Waals surface area contributed by atoms with Crippen LogP contribution in [-0.2, 0) is 0 Å². The molecule has 4 nitrogen and oxygen atoms in total. The van der Waals surface area contributed by atoms with Gasteiger partial charge >= 0.3 is 0 Å². The van der Waals surface area contributed by atoms with Crippen molar-refractivity contribution in [2.24, 2.45) is 0 Å². The van der Waals surface area contributed by atoms with Gasteiger partial charge in [-0.1, -0.05) is 36.4 Å². The van der Waals surface area contributed by atoms with E-state index in [1.807, 2.05) is 61.5 Å². The van der Waals surface area contributed by atoms with Gasteiger partial charge in [0.25, 0.3) is 0 Å². The van der Waals surface area contributed by atoms with Gasteiger partial charge in [0.1, 0.15) is 5.69 Å². The van der Waals surface area contributed by atoms with Crippen LogP contribution in [0.25, 0.3) is 22.8 Å². The summed E-state index contributed by atoms with van der Waals surface area (Å²) in [6.45, 7) is 1.95. The minimum absolute atomic E-state index is 0.530. The monoisotopic (exact) mass is 277 g/mol. The van der Waals surface area contributed by atoms with Crippen LogP contribution in [0, 0.1) is 6.92 Å². The van der Waals surface area contributed by atoms with Crippen molar-refractivity contribution in [3.8, 4) is 28.7 Å². The van der Waals surface area contributed by atoms with E-state index >= 15 is 0 Å². The first kappa shape index (κ1) is 13.2. The molecule has 1 aromatic carbocycles. The van der Waals surface area contributed by atoms with Gasteiger partial charge in [0.05, 0.1) is 12.8 Å². The van der Waals surface area contributed by atoms with E-state index in [1.54, 1.807) is 7.11 Å². The molecule has 0 N–H and O–H groups in total. The minimum atomic E-state index is 0.530. The Morgan fingerprint density at radius 1 is 0.810 bits per heavy atom. The summed E-state index contributed by atoms with van der Waals surface area (Å²) in [7, 11) is 1.60. The summed E-state index contributed by atoms with van der Waals surface area (Å²) < 4.78 is 5.29. The average molecular weight is 277 g/mol. The summed E-state index contributed by atoms with van der Waals surface area (Å²) in [5, 5.41) is 0. The Morgan fingerprint density at radius 2 is 1.62 bits per heavy atom. The topological polar surface area (TPSA) is 47.9 Å². The molecule has 0 atom stereocenters. The van der Waals surface area contributed by atoms with E-state index in [-0.39, 0.29) is 0 Å². The highest BCUT2D eigenvalue weighted by atomic mass is 16.5. The van der Waals surface area contributed by atoms with Crippen LogP contribution in [0.5, 0.6) is 5.88 Å². The fraction of sp³-hybridized carbons (Fsp3) is 0.118. The van der Waals surface area contributed by atoms with Crippen LogP contribution in [0.1, 0.15) is 5.69 Å².